The van der Waals surface area contributed by atoms with Crippen LogP contribution in [0.25, 0.3) is 0 Å². The van der Waals surface area contributed by atoms with Gasteiger partial charge < -0.3 is 26.2 Å². The van der Waals surface area contributed by atoms with E-state index in [0.717, 1.165) is 57.3 Å². The predicted molar refractivity (Wildman–Crippen MR) is 135 cm³/mol. The Morgan fingerprint density at radius 3 is 2.75 bits per heavy atom. The highest BCUT2D eigenvalue weighted by Gasteiger charge is 2.54. The molecule has 9 nitrogen and oxygen atoms in total. The van der Waals surface area contributed by atoms with E-state index in [1.165, 1.54) is 0 Å². The lowest BCUT2D eigenvalue weighted by Crippen LogP contribution is -2.45. The van der Waals surface area contributed by atoms with E-state index in [-0.39, 0.29) is 53.2 Å². The first-order valence-electron chi connectivity index (χ1n) is 12.8. The molecule has 4 N–H and O–H groups in total. The fraction of sp³-hybridized carbons (Fsp3) is 0.538. The highest BCUT2D eigenvalue weighted by Crippen LogP contribution is 2.54. The Morgan fingerprint density at radius 2 is 1.97 bits per heavy atom. The van der Waals surface area contributed by atoms with Crippen LogP contribution in [-0.2, 0) is 4.79 Å². The molecule has 6 rings (SSSR count). The van der Waals surface area contributed by atoms with Crippen molar-refractivity contribution in [2.45, 2.75) is 31.7 Å². The molecule has 4 aliphatic rings. The molecule has 1 aromatic heterocycles. The lowest BCUT2D eigenvalue weighted by Gasteiger charge is -2.36. The van der Waals surface area contributed by atoms with E-state index in [0.29, 0.717) is 17.7 Å². The van der Waals surface area contributed by atoms with Crippen molar-refractivity contribution in [2.24, 2.45) is 29.4 Å². The molecule has 1 aromatic carbocycles. The Bertz CT molecular complexity index is 1200. The van der Waals surface area contributed by atoms with Crippen molar-refractivity contribution in [3.63, 3.8) is 0 Å². The van der Waals surface area contributed by atoms with Gasteiger partial charge in [0.15, 0.2) is 17.4 Å². The summed E-state index contributed by atoms with van der Waals surface area (Å²) in [5.41, 5.74) is 8.09. The van der Waals surface area contributed by atoms with Gasteiger partial charge in [0, 0.05) is 55.6 Å². The minimum Gasteiger partial charge on any atom is -0.369 e. The third kappa shape index (κ3) is 4.07. The molecule has 6 bridgehead atoms. The third-order valence-corrected chi connectivity index (χ3v) is 8.66. The number of nitrogens with zero attached hydrogens (tertiary/aromatic N) is 4. The van der Waals surface area contributed by atoms with Gasteiger partial charge in [0.2, 0.25) is 11.9 Å². The zero-order chi connectivity index (χ0) is 25.0. The number of likely N-dealkylation sites (N-methyl/N-ethyl adjacent to an activating group) is 1. The number of ketones is 1. The smallest absolute Gasteiger partial charge is 0.229 e. The summed E-state index contributed by atoms with van der Waals surface area (Å²) in [5, 5.41) is 6.34. The summed E-state index contributed by atoms with van der Waals surface area (Å²) in [7, 11) is 2.11. The van der Waals surface area contributed by atoms with Gasteiger partial charge in [0.1, 0.15) is 0 Å². The number of rotatable bonds is 2. The minimum absolute atomic E-state index is 0.0671. The lowest BCUT2D eigenvalue weighted by atomic mass is 9.75. The zero-order valence-electron chi connectivity index (χ0n) is 20.4. The molecular weight excluding hydrogens is 461 g/mol. The van der Waals surface area contributed by atoms with Crippen molar-refractivity contribution in [3.8, 4) is 0 Å². The minimum atomic E-state index is -0.573. The number of primary amides is 1. The van der Waals surface area contributed by atoms with Crippen LogP contribution in [-0.4, -0.2) is 65.8 Å². The lowest BCUT2D eigenvalue weighted by molar-refractivity contribution is -0.123. The average Bonchev–Trinajstić information content (AvgIpc) is 3.43. The number of fused-ring (bicyclic) bond motifs is 5. The van der Waals surface area contributed by atoms with E-state index in [1.54, 1.807) is 0 Å². The maximum absolute atomic E-state index is 14.7. The van der Waals surface area contributed by atoms with Gasteiger partial charge in [0.05, 0.1) is 12.1 Å². The van der Waals surface area contributed by atoms with Gasteiger partial charge in [-0.25, -0.2) is 9.37 Å². The molecule has 0 spiro atoms. The molecule has 2 aliphatic carbocycles. The first-order valence-corrected chi connectivity index (χ1v) is 12.8. The number of amides is 1. The number of benzene rings is 1. The number of Topliss-reactive ketones (excluding diaryl/α,β-unsaturated/α-hetero) is 1. The van der Waals surface area contributed by atoms with Crippen LogP contribution in [0.3, 0.4) is 0 Å². The zero-order valence-corrected chi connectivity index (χ0v) is 20.4. The van der Waals surface area contributed by atoms with E-state index >= 15 is 0 Å². The number of aromatic nitrogens is 2. The number of carbonyl (C=O) groups excluding carboxylic acids is 2. The van der Waals surface area contributed by atoms with Gasteiger partial charge in [-0.15, -0.1) is 0 Å². The third-order valence-electron chi connectivity index (χ3n) is 8.66. The van der Waals surface area contributed by atoms with Crippen molar-refractivity contribution in [2.75, 3.05) is 48.8 Å². The topological polar surface area (TPSA) is 116 Å². The van der Waals surface area contributed by atoms with Gasteiger partial charge in [-0.3, -0.25) is 9.59 Å². The van der Waals surface area contributed by atoms with Crippen LogP contribution in [0.1, 0.15) is 36.0 Å². The molecule has 0 unspecified atom stereocenters. The molecule has 36 heavy (non-hydrogen) atoms. The Hall–Kier alpha value is -3.27. The van der Waals surface area contributed by atoms with Crippen molar-refractivity contribution in [3.05, 3.63) is 35.8 Å². The summed E-state index contributed by atoms with van der Waals surface area (Å²) in [6, 6.07) is 5.46. The molecular formula is C26H32FN7O2. The molecule has 0 radical (unpaired) electrons. The quantitative estimate of drug-likeness (QED) is 0.585. The molecule has 2 aromatic rings. The summed E-state index contributed by atoms with van der Waals surface area (Å²) in [4.78, 5) is 39.0. The number of anilines is 4. The molecule has 5 atom stereocenters. The summed E-state index contributed by atoms with van der Waals surface area (Å²) in [5.74, 6) is -0.363. The van der Waals surface area contributed by atoms with Gasteiger partial charge in [-0.2, -0.15) is 4.98 Å². The van der Waals surface area contributed by atoms with Crippen molar-refractivity contribution < 1.29 is 14.0 Å². The fourth-order valence-electron chi connectivity index (χ4n) is 6.86. The second-order valence-corrected chi connectivity index (χ2v) is 10.8. The highest BCUT2D eigenvalue weighted by atomic mass is 19.1. The van der Waals surface area contributed by atoms with Gasteiger partial charge >= 0.3 is 0 Å². The maximum atomic E-state index is 14.7. The number of hydrogen-bond donors (Lipinski definition) is 3. The highest BCUT2D eigenvalue weighted by molar-refractivity contribution is 6.02. The van der Waals surface area contributed by atoms with Crippen molar-refractivity contribution in [1.82, 2.24) is 14.9 Å². The summed E-state index contributed by atoms with van der Waals surface area (Å²) >= 11 is 0. The maximum Gasteiger partial charge on any atom is 0.229 e. The van der Waals surface area contributed by atoms with E-state index in [1.807, 2.05) is 18.2 Å². The van der Waals surface area contributed by atoms with Crippen LogP contribution in [0.15, 0.2) is 24.4 Å². The van der Waals surface area contributed by atoms with E-state index in [9.17, 15) is 14.0 Å². The van der Waals surface area contributed by atoms with Crippen LogP contribution in [0.4, 0.5) is 27.5 Å². The standard InChI is InChI=1S/C26H32FN7O2/c1-33-6-8-34(9-7-33)20-4-3-16-12-18(20)21(35)5-2-14-10-15-11-17(14)23(22(15)24(28)36)31-25-19(27)13-29-26(30-16)32-25/h3-4,12-15,17,22-23H,2,5-11H2,1H3,(H2,28,36)(H2,29,30,31,32)/t14-,15-,17-,22+,23-/m1/s1. The number of nitrogens with one attached hydrogen (secondary N) is 2. The largest absolute Gasteiger partial charge is 0.369 e. The van der Waals surface area contributed by atoms with Crippen LogP contribution in [0.5, 0.6) is 0 Å². The normalized spacial score (nSPS) is 29.9. The summed E-state index contributed by atoms with van der Waals surface area (Å²) in [6.45, 7) is 3.62. The Morgan fingerprint density at radius 1 is 1.17 bits per heavy atom. The number of piperazine rings is 1. The summed E-state index contributed by atoms with van der Waals surface area (Å²) in [6.07, 6.45) is 4.01. The van der Waals surface area contributed by atoms with E-state index in [4.69, 9.17) is 5.73 Å². The fourth-order valence-corrected chi connectivity index (χ4v) is 6.86. The van der Waals surface area contributed by atoms with E-state index in [2.05, 4.69) is 37.4 Å². The van der Waals surface area contributed by atoms with Gasteiger partial charge in [-0.05, 0) is 62.3 Å². The Labute approximate surface area is 209 Å². The SMILES string of the molecule is CN1CCN(c2ccc3cc2C(=O)CC[C@@H]2C[C@@H]4C[C@H]2[C@@H](Nc2nc(ncc2F)N3)[C@H]4C(N)=O)CC1. The average molecular weight is 494 g/mol. The van der Waals surface area contributed by atoms with Crippen LogP contribution < -0.4 is 21.3 Å². The second kappa shape index (κ2) is 8.99. The van der Waals surface area contributed by atoms with Gasteiger partial charge in [0.25, 0.3) is 0 Å². The molecule has 2 aliphatic heterocycles. The number of nitrogens with two attached hydrogens (primary N) is 1. The Kier molecular flexibility index (Phi) is 5.78. The molecule has 1 saturated heterocycles. The molecule has 3 heterocycles. The number of hydrogen-bond acceptors (Lipinski definition) is 8. The molecule has 2 saturated carbocycles. The van der Waals surface area contributed by atoms with Crippen LogP contribution in [0.2, 0.25) is 0 Å². The van der Waals surface area contributed by atoms with Crippen LogP contribution >= 0.6 is 0 Å². The number of halogens is 1. The molecule has 1 amide bonds. The van der Waals surface area contributed by atoms with Gasteiger partial charge in [-0.1, -0.05) is 0 Å². The molecule has 3 fully saturated rings. The first kappa shape index (κ1) is 23.1. The molecule has 10 heteroatoms. The number of carbonyl (C=O) groups is 2. The van der Waals surface area contributed by atoms with E-state index < -0.39 is 5.82 Å². The Balaban J connectivity index is 1.38. The molecule has 190 valence electrons. The monoisotopic (exact) mass is 493 g/mol. The van der Waals surface area contributed by atoms with Crippen molar-refractivity contribution >= 4 is 34.8 Å². The first-order chi connectivity index (χ1) is 17.4. The second-order valence-electron chi connectivity index (χ2n) is 10.8. The van der Waals surface area contributed by atoms with Crippen molar-refractivity contribution in [1.29, 1.82) is 0 Å². The predicted octanol–water partition coefficient (Wildman–Crippen LogP) is 2.63. The summed E-state index contributed by atoms with van der Waals surface area (Å²) < 4.78 is 14.7. The van der Waals surface area contributed by atoms with Crippen LogP contribution in [0, 0.1) is 29.5 Å².